The molecule has 17 heavy (non-hydrogen) atoms. The first-order valence-electron chi connectivity index (χ1n) is 4.73. The largest absolute Gasteiger partial charge is 0.480 e. The van der Waals surface area contributed by atoms with E-state index in [1.165, 1.54) is 18.2 Å². The minimum absolute atomic E-state index is 0.0177. The van der Waals surface area contributed by atoms with Gasteiger partial charge in [-0.05, 0) is 6.07 Å². The number of hydrogen-bond donors (Lipinski definition) is 1. The second-order valence-electron chi connectivity index (χ2n) is 3.46. The number of aliphatic carboxylic acids is 1. The van der Waals surface area contributed by atoms with Crippen molar-refractivity contribution in [2.24, 2.45) is 0 Å². The number of imide groups is 1. The number of Topliss-reactive ketones (excluding diaryl/α,β-unsaturated/α-hetero) is 1. The topological polar surface area (TPSA) is 91.8 Å². The van der Waals surface area contributed by atoms with Crippen LogP contribution in [-0.4, -0.2) is 40.1 Å². The number of rotatable bonds is 2. The van der Waals surface area contributed by atoms with Crippen LogP contribution in [0.15, 0.2) is 24.3 Å². The number of benzene rings is 1. The first-order chi connectivity index (χ1) is 8.02. The highest BCUT2D eigenvalue weighted by atomic mass is 16.4. The number of fused-ring (bicyclic) bond motifs is 1. The minimum atomic E-state index is -1.35. The zero-order valence-electron chi connectivity index (χ0n) is 8.54. The molecule has 1 heterocycles. The van der Waals surface area contributed by atoms with Crippen LogP contribution in [0, 0.1) is 0 Å². The van der Waals surface area contributed by atoms with E-state index in [2.05, 4.69) is 0 Å². The summed E-state index contributed by atoms with van der Waals surface area (Å²) in [6, 6.07) is 5.82. The van der Waals surface area contributed by atoms with Crippen molar-refractivity contribution in [2.75, 3.05) is 6.54 Å². The van der Waals surface area contributed by atoms with Gasteiger partial charge in [-0.15, -0.1) is 0 Å². The molecule has 0 aromatic heterocycles. The van der Waals surface area contributed by atoms with Gasteiger partial charge in [0.2, 0.25) is 0 Å². The molecule has 1 aromatic carbocycles. The smallest absolute Gasteiger partial charge is 0.323 e. The fraction of sp³-hybridized carbons (Fsp3) is 0.0909. The SMILES string of the molecule is O=C(O)CN1C(=O)C(=O)c2ccccc2C1=O. The number of hydrogen-bond acceptors (Lipinski definition) is 4. The third-order valence-electron chi connectivity index (χ3n) is 2.38. The number of carboxylic acid groups (broad SMARTS) is 1. The summed E-state index contributed by atoms with van der Waals surface area (Å²) in [5.41, 5.74) is 0.0717. The van der Waals surface area contributed by atoms with E-state index in [4.69, 9.17) is 5.11 Å². The minimum Gasteiger partial charge on any atom is -0.480 e. The Balaban J connectivity index is 2.51. The van der Waals surface area contributed by atoms with E-state index in [9.17, 15) is 19.2 Å². The molecule has 0 spiro atoms. The number of nitrogens with zero attached hydrogens (tertiary/aromatic N) is 1. The molecule has 2 amide bonds. The molecule has 0 aliphatic carbocycles. The van der Waals surface area contributed by atoms with Gasteiger partial charge in [-0.1, -0.05) is 18.2 Å². The zero-order chi connectivity index (χ0) is 12.6. The van der Waals surface area contributed by atoms with Crippen molar-refractivity contribution in [3.8, 4) is 0 Å². The number of carbonyl (C=O) groups excluding carboxylic acids is 3. The molecule has 86 valence electrons. The van der Waals surface area contributed by atoms with E-state index < -0.39 is 30.1 Å². The average Bonchev–Trinajstić information content (AvgIpc) is 2.31. The summed E-state index contributed by atoms with van der Waals surface area (Å²) in [4.78, 5) is 45.9. The summed E-state index contributed by atoms with van der Waals surface area (Å²) in [6.07, 6.45) is 0. The van der Waals surface area contributed by atoms with Gasteiger partial charge >= 0.3 is 11.9 Å². The maximum absolute atomic E-state index is 11.8. The predicted molar refractivity (Wildman–Crippen MR) is 54.5 cm³/mol. The van der Waals surface area contributed by atoms with Crippen LogP contribution >= 0.6 is 0 Å². The molecule has 0 radical (unpaired) electrons. The van der Waals surface area contributed by atoms with Crippen molar-refractivity contribution < 1.29 is 24.3 Å². The lowest BCUT2D eigenvalue weighted by molar-refractivity contribution is -0.141. The van der Waals surface area contributed by atoms with Crippen LogP contribution in [0.4, 0.5) is 0 Å². The van der Waals surface area contributed by atoms with Gasteiger partial charge in [0, 0.05) is 5.56 Å². The van der Waals surface area contributed by atoms with Crippen molar-refractivity contribution in [1.82, 2.24) is 4.90 Å². The molecule has 1 aliphatic heterocycles. The second kappa shape index (κ2) is 3.82. The average molecular weight is 233 g/mol. The van der Waals surface area contributed by atoms with Crippen LogP contribution in [0.2, 0.25) is 0 Å². The Labute approximate surface area is 95.5 Å². The van der Waals surface area contributed by atoms with Crippen LogP contribution in [-0.2, 0) is 9.59 Å². The van der Waals surface area contributed by atoms with Gasteiger partial charge in [0.15, 0.2) is 0 Å². The molecule has 2 rings (SSSR count). The monoisotopic (exact) mass is 233 g/mol. The summed E-state index contributed by atoms with van der Waals surface area (Å²) in [5.74, 6) is -4.07. The summed E-state index contributed by atoms with van der Waals surface area (Å²) >= 11 is 0. The lowest BCUT2D eigenvalue weighted by Crippen LogP contribution is -2.48. The Bertz CT molecular complexity index is 549. The van der Waals surface area contributed by atoms with Gasteiger partial charge in [0.1, 0.15) is 6.54 Å². The van der Waals surface area contributed by atoms with Crippen LogP contribution in [0.1, 0.15) is 20.7 Å². The zero-order valence-corrected chi connectivity index (χ0v) is 8.54. The molecular formula is C11H7NO5. The Morgan fingerprint density at radius 2 is 1.65 bits per heavy atom. The normalized spacial score (nSPS) is 14.8. The molecule has 1 N–H and O–H groups in total. The van der Waals surface area contributed by atoms with Gasteiger partial charge in [0.05, 0.1) is 5.56 Å². The van der Waals surface area contributed by atoms with Gasteiger partial charge in [-0.25, -0.2) is 0 Å². The summed E-state index contributed by atoms with van der Waals surface area (Å²) in [6.45, 7) is -0.808. The van der Waals surface area contributed by atoms with E-state index >= 15 is 0 Å². The number of amides is 2. The lowest BCUT2D eigenvalue weighted by atomic mass is 9.97. The molecule has 1 aromatic rings. The summed E-state index contributed by atoms with van der Waals surface area (Å²) in [5, 5.41) is 8.58. The van der Waals surface area contributed by atoms with E-state index in [-0.39, 0.29) is 11.1 Å². The van der Waals surface area contributed by atoms with Crippen molar-refractivity contribution in [1.29, 1.82) is 0 Å². The van der Waals surface area contributed by atoms with Crippen molar-refractivity contribution in [3.63, 3.8) is 0 Å². The first kappa shape index (κ1) is 11.0. The fourth-order valence-corrected chi connectivity index (χ4v) is 1.62. The fourth-order valence-electron chi connectivity index (χ4n) is 1.62. The molecule has 0 bridgehead atoms. The Morgan fingerprint density at radius 1 is 1.06 bits per heavy atom. The number of ketones is 1. The predicted octanol–water partition coefficient (Wildman–Crippen LogP) is -0.0637. The quantitative estimate of drug-likeness (QED) is 0.570. The van der Waals surface area contributed by atoms with Crippen LogP contribution in [0.3, 0.4) is 0 Å². The van der Waals surface area contributed by atoms with Crippen molar-refractivity contribution >= 4 is 23.6 Å². The highest BCUT2D eigenvalue weighted by Gasteiger charge is 2.38. The van der Waals surface area contributed by atoms with Gasteiger partial charge in [0.25, 0.3) is 11.7 Å². The van der Waals surface area contributed by atoms with Crippen LogP contribution < -0.4 is 0 Å². The third-order valence-corrected chi connectivity index (χ3v) is 2.38. The molecule has 0 saturated heterocycles. The van der Waals surface area contributed by atoms with Gasteiger partial charge < -0.3 is 5.11 Å². The second-order valence-corrected chi connectivity index (χ2v) is 3.46. The Hall–Kier alpha value is -2.50. The van der Waals surface area contributed by atoms with Gasteiger partial charge in [-0.3, -0.25) is 24.1 Å². The van der Waals surface area contributed by atoms with E-state index in [0.29, 0.717) is 4.90 Å². The molecule has 0 unspecified atom stereocenters. The number of carboxylic acids is 1. The summed E-state index contributed by atoms with van der Waals surface area (Å²) in [7, 11) is 0. The molecule has 0 fully saturated rings. The molecular weight excluding hydrogens is 226 g/mol. The number of carbonyl (C=O) groups is 4. The van der Waals surface area contributed by atoms with Crippen molar-refractivity contribution in [3.05, 3.63) is 35.4 Å². The maximum Gasteiger partial charge on any atom is 0.323 e. The lowest BCUT2D eigenvalue weighted by Gasteiger charge is -2.23. The molecule has 6 heteroatoms. The highest BCUT2D eigenvalue weighted by Crippen LogP contribution is 2.19. The van der Waals surface area contributed by atoms with E-state index in [1.54, 1.807) is 6.07 Å². The standard InChI is InChI=1S/C11H7NO5/c13-8(14)5-12-10(16)7-4-2-1-3-6(7)9(15)11(12)17/h1-4H,5H2,(H,13,14). The first-order valence-corrected chi connectivity index (χ1v) is 4.73. The summed E-state index contributed by atoms with van der Waals surface area (Å²) < 4.78 is 0. The van der Waals surface area contributed by atoms with Crippen LogP contribution in [0.5, 0.6) is 0 Å². The van der Waals surface area contributed by atoms with E-state index in [1.807, 2.05) is 0 Å². The Morgan fingerprint density at radius 3 is 2.24 bits per heavy atom. The van der Waals surface area contributed by atoms with E-state index in [0.717, 1.165) is 0 Å². The maximum atomic E-state index is 11.8. The molecule has 1 aliphatic rings. The van der Waals surface area contributed by atoms with Crippen LogP contribution in [0.25, 0.3) is 0 Å². The Kier molecular flexibility index (Phi) is 2.47. The van der Waals surface area contributed by atoms with Gasteiger partial charge in [-0.2, -0.15) is 0 Å². The highest BCUT2D eigenvalue weighted by molar-refractivity contribution is 6.49. The molecule has 6 nitrogen and oxygen atoms in total. The molecule has 0 saturated carbocycles. The van der Waals surface area contributed by atoms with Crippen molar-refractivity contribution in [2.45, 2.75) is 0 Å². The molecule has 0 atom stereocenters. The third kappa shape index (κ3) is 1.69.